The number of rotatable bonds is 3. The molecule has 4 heteroatoms. The summed E-state index contributed by atoms with van der Waals surface area (Å²) in [5, 5.41) is 8.59. The quantitative estimate of drug-likeness (QED) is 0.786. The zero-order valence-electron chi connectivity index (χ0n) is 7.58. The lowest BCUT2D eigenvalue weighted by Gasteiger charge is -2.14. The summed E-state index contributed by atoms with van der Waals surface area (Å²) in [5.74, 6) is -0.710. The molecule has 0 aliphatic carbocycles. The third-order valence-electron chi connectivity index (χ3n) is 1.88. The van der Waals surface area contributed by atoms with E-state index in [1.807, 2.05) is 0 Å². The smallest absolute Gasteiger partial charge is 0.150 e. The molecule has 2 nitrogen and oxygen atoms in total. The van der Waals surface area contributed by atoms with E-state index in [1.165, 1.54) is 31.2 Å². The third kappa shape index (κ3) is 2.53. The van der Waals surface area contributed by atoms with Crippen molar-refractivity contribution in [2.75, 3.05) is 0 Å². The maximum atomic E-state index is 12.5. The van der Waals surface area contributed by atoms with Crippen LogP contribution in [0, 0.1) is 5.82 Å². The van der Waals surface area contributed by atoms with Crippen molar-refractivity contribution in [1.29, 1.82) is 0 Å². The molecule has 14 heavy (non-hydrogen) atoms. The monoisotopic (exact) mass is 216 g/mol. The molecule has 2 atom stereocenters. The van der Waals surface area contributed by atoms with Crippen LogP contribution in [0.4, 0.5) is 4.39 Å². The Labute approximate surface area is 86.3 Å². The van der Waals surface area contributed by atoms with E-state index in [2.05, 4.69) is 0 Å². The highest BCUT2D eigenvalue weighted by Crippen LogP contribution is 2.21. The molecule has 1 N–H and O–H groups in total. The Kier molecular flexibility index (Phi) is 3.61. The van der Waals surface area contributed by atoms with E-state index in [1.54, 1.807) is 0 Å². The van der Waals surface area contributed by atoms with E-state index in [4.69, 9.17) is 11.6 Å². The van der Waals surface area contributed by atoms with Crippen molar-refractivity contribution >= 4 is 17.4 Å². The lowest BCUT2D eigenvalue weighted by Crippen LogP contribution is -2.20. The number of Topliss-reactive ketones (excluding diaryl/α,β-unsaturated/α-hetero) is 1. The van der Waals surface area contributed by atoms with E-state index >= 15 is 0 Å². The lowest BCUT2D eigenvalue weighted by molar-refractivity contribution is -0.118. The van der Waals surface area contributed by atoms with Gasteiger partial charge in [-0.25, -0.2) is 4.39 Å². The average molecular weight is 217 g/mol. The highest BCUT2D eigenvalue weighted by Gasteiger charge is 2.22. The van der Waals surface area contributed by atoms with Crippen LogP contribution >= 0.6 is 11.6 Å². The van der Waals surface area contributed by atoms with Crippen molar-refractivity contribution in [1.82, 2.24) is 0 Å². The molecule has 0 fully saturated rings. The summed E-state index contributed by atoms with van der Waals surface area (Å²) in [4.78, 5) is 10.9. The standard InChI is InChI=1S/C10H10ClFO2/c1-6(13)9(11)10(14)7-2-4-8(12)5-3-7/h2-5,9-10,14H,1H3/t9-,10+/m1/s1. The first kappa shape index (κ1) is 11.1. The minimum absolute atomic E-state index is 0.316. The molecule has 0 unspecified atom stereocenters. The van der Waals surface area contributed by atoms with E-state index in [0.29, 0.717) is 5.56 Å². The van der Waals surface area contributed by atoms with Crippen molar-refractivity contribution in [3.63, 3.8) is 0 Å². The Bertz CT molecular complexity index is 323. The van der Waals surface area contributed by atoms with Crippen molar-refractivity contribution in [3.8, 4) is 0 Å². The Morgan fingerprint density at radius 2 is 1.93 bits per heavy atom. The van der Waals surface area contributed by atoms with Crippen molar-refractivity contribution < 1.29 is 14.3 Å². The van der Waals surface area contributed by atoms with Crippen LogP contribution in [0.2, 0.25) is 0 Å². The number of benzene rings is 1. The number of halogens is 2. The van der Waals surface area contributed by atoms with Gasteiger partial charge in [-0.1, -0.05) is 12.1 Å². The van der Waals surface area contributed by atoms with Crippen LogP contribution in [-0.2, 0) is 4.79 Å². The normalized spacial score (nSPS) is 14.9. The first-order valence-electron chi connectivity index (χ1n) is 4.10. The second kappa shape index (κ2) is 4.53. The van der Waals surface area contributed by atoms with Gasteiger partial charge in [0, 0.05) is 0 Å². The van der Waals surface area contributed by atoms with Gasteiger partial charge in [0.25, 0.3) is 0 Å². The van der Waals surface area contributed by atoms with Gasteiger partial charge in [-0.05, 0) is 24.6 Å². The number of alkyl halides is 1. The molecule has 1 aromatic carbocycles. The number of ketones is 1. The van der Waals surface area contributed by atoms with E-state index in [0.717, 1.165) is 0 Å². The molecule has 0 aromatic heterocycles. The Balaban J connectivity index is 2.84. The first-order chi connectivity index (χ1) is 6.52. The van der Waals surface area contributed by atoms with Gasteiger partial charge in [0.15, 0.2) is 5.78 Å². The molecule has 0 saturated heterocycles. The number of hydrogen-bond donors (Lipinski definition) is 1. The second-order valence-corrected chi connectivity index (χ2v) is 3.48. The van der Waals surface area contributed by atoms with Gasteiger partial charge in [0.2, 0.25) is 0 Å². The van der Waals surface area contributed by atoms with Crippen LogP contribution in [0.5, 0.6) is 0 Å². The Morgan fingerprint density at radius 1 is 1.43 bits per heavy atom. The number of carbonyl (C=O) groups is 1. The number of aliphatic hydroxyl groups is 1. The van der Waals surface area contributed by atoms with Crippen molar-refractivity contribution in [2.24, 2.45) is 0 Å². The maximum Gasteiger partial charge on any atom is 0.150 e. The molecule has 0 spiro atoms. The molecule has 0 amide bonds. The SMILES string of the molecule is CC(=O)[C@@H](Cl)[C@@H](O)c1ccc(F)cc1. The highest BCUT2D eigenvalue weighted by molar-refractivity contribution is 6.31. The van der Waals surface area contributed by atoms with Crippen LogP contribution in [-0.4, -0.2) is 16.3 Å². The van der Waals surface area contributed by atoms with Gasteiger partial charge in [0.05, 0.1) is 0 Å². The van der Waals surface area contributed by atoms with Crippen LogP contribution in [0.1, 0.15) is 18.6 Å². The summed E-state index contributed by atoms with van der Waals surface area (Å²) >= 11 is 5.65. The van der Waals surface area contributed by atoms with Gasteiger partial charge in [0.1, 0.15) is 17.3 Å². The fourth-order valence-electron chi connectivity index (χ4n) is 1.05. The molecule has 76 valence electrons. The van der Waals surface area contributed by atoms with Crippen LogP contribution < -0.4 is 0 Å². The maximum absolute atomic E-state index is 12.5. The summed E-state index contributed by atoms with van der Waals surface area (Å²) in [6.07, 6.45) is -1.09. The Morgan fingerprint density at radius 3 is 2.36 bits per heavy atom. The summed E-state index contributed by atoms with van der Waals surface area (Å²) in [7, 11) is 0. The lowest BCUT2D eigenvalue weighted by atomic mass is 10.0. The van der Waals surface area contributed by atoms with E-state index < -0.39 is 17.3 Å². The first-order valence-corrected chi connectivity index (χ1v) is 4.54. The van der Waals surface area contributed by atoms with Crippen LogP contribution in [0.3, 0.4) is 0 Å². The zero-order valence-corrected chi connectivity index (χ0v) is 8.33. The summed E-state index contributed by atoms with van der Waals surface area (Å²) < 4.78 is 12.5. The molecular formula is C10H10ClFO2. The minimum Gasteiger partial charge on any atom is -0.386 e. The number of hydrogen-bond acceptors (Lipinski definition) is 2. The van der Waals surface area contributed by atoms with Gasteiger partial charge in [-0.2, -0.15) is 0 Å². The van der Waals surface area contributed by atoms with Crippen molar-refractivity contribution in [2.45, 2.75) is 18.4 Å². The molecule has 0 aliphatic rings. The molecule has 0 bridgehead atoms. The van der Waals surface area contributed by atoms with Gasteiger partial charge in [-0.15, -0.1) is 11.6 Å². The summed E-state index contributed by atoms with van der Waals surface area (Å²) in [5.41, 5.74) is 0.432. The van der Waals surface area contributed by atoms with Gasteiger partial charge in [-0.3, -0.25) is 4.79 Å². The molecule has 0 radical (unpaired) electrons. The molecule has 0 saturated carbocycles. The largest absolute Gasteiger partial charge is 0.386 e. The third-order valence-corrected chi connectivity index (χ3v) is 2.42. The second-order valence-electron chi connectivity index (χ2n) is 3.01. The molecule has 1 rings (SSSR count). The molecular weight excluding hydrogens is 207 g/mol. The van der Waals surface area contributed by atoms with E-state index in [-0.39, 0.29) is 5.78 Å². The topological polar surface area (TPSA) is 37.3 Å². The van der Waals surface area contributed by atoms with Crippen LogP contribution in [0.25, 0.3) is 0 Å². The average Bonchev–Trinajstić information content (AvgIpc) is 2.16. The summed E-state index contributed by atoms with van der Waals surface area (Å²) in [6, 6.07) is 5.22. The van der Waals surface area contributed by atoms with Gasteiger partial charge >= 0.3 is 0 Å². The van der Waals surface area contributed by atoms with Gasteiger partial charge < -0.3 is 5.11 Å². The van der Waals surface area contributed by atoms with E-state index in [9.17, 15) is 14.3 Å². The predicted molar refractivity (Wildman–Crippen MR) is 51.7 cm³/mol. The predicted octanol–water partition coefficient (Wildman–Crippen LogP) is 2.06. The molecule has 0 heterocycles. The van der Waals surface area contributed by atoms with Crippen molar-refractivity contribution in [3.05, 3.63) is 35.6 Å². The number of aliphatic hydroxyl groups excluding tert-OH is 1. The number of carbonyl (C=O) groups excluding carboxylic acids is 1. The molecule has 0 aliphatic heterocycles. The summed E-state index contributed by atoms with van der Waals surface area (Å²) in [6.45, 7) is 1.30. The highest BCUT2D eigenvalue weighted by atomic mass is 35.5. The Hall–Kier alpha value is -0.930. The minimum atomic E-state index is -1.09. The fraction of sp³-hybridized carbons (Fsp3) is 0.300. The molecule has 1 aromatic rings. The fourth-order valence-corrected chi connectivity index (χ4v) is 1.20. The zero-order chi connectivity index (χ0) is 10.7. The van der Waals surface area contributed by atoms with Crippen LogP contribution in [0.15, 0.2) is 24.3 Å².